The first-order valence-corrected chi connectivity index (χ1v) is 8.94. The fourth-order valence-electron chi connectivity index (χ4n) is 2.40. The molecule has 26 heavy (non-hydrogen) atoms. The molecule has 0 aliphatic heterocycles. The van der Waals surface area contributed by atoms with Crippen molar-refractivity contribution < 1.29 is 4.74 Å². The molecule has 1 unspecified atom stereocenters. The number of hydrogen-bond donors (Lipinski definition) is 2. The maximum atomic E-state index is 5.88. The SMILES string of the molecule is CCNC(=NCCCOC(C)c1ccccc1)NCCn1ccnc1.I. The number of nitrogens with zero attached hydrogens (tertiary/aromatic N) is 3. The highest BCUT2D eigenvalue weighted by Gasteiger charge is 2.04. The van der Waals surface area contributed by atoms with Crippen LogP contribution in [0.2, 0.25) is 0 Å². The van der Waals surface area contributed by atoms with Gasteiger partial charge < -0.3 is 19.9 Å². The number of nitrogens with one attached hydrogen (secondary N) is 2. The van der Waals surface area contributed by atoms with Crippen molar-refractivity contribution in [2.45, 2.75) is 32.9 Å². The van der Waals surface area contributed by atoms with Gasteiger partial charge in [0.1, 0.15) is 0 Å². The molecule has 1 heterocycles. The maximum Gasteiger partial charge on any atom is 0.191 e. The summed E-state index contributed by atoms with van der Waals surface area (Å²) in [5.41, 5.74) is 1.21. The predicted octanol–water partition coefficient (Wildman–Crippen LogP) is 3.22. The van der Waals surface area contributed by atoms with Gasteiger partial charge >= 0.3 is 0 Å². The Morgan fingerprint density at radius 2 is 2.08 bits per heavy atom. The zero-order valence-electron chi connectivity index (χ0n) is 15.6. The minimum atomic E-state index is 0. The van der Waals surface area contributed by atoms with Crippen molar-refractivity contribution in [2.24, 2.45) is 4.99 Å². The molecule has 2 N–H and O–H groups in total. The van der Waals surface area contributed by atoms with Crippen molar-refractivity contribution >= 4 is 29.9 Å². The van der Waals surface area contributed by atoms with E-state index in [1.807, 2.05) is 35.3 Å². The number of aliphatic imine (C=N–C) groups is 1. The molecule has 0 aliphatic carbocycles. The summed E-state index contributed by atoms with van der Waals surface area (Å²) in [5.74, 6) is 0.846. The van der Waals surface area contributed by atoms with E-state index in [2.05, 4.69) is 46.6 Å². The van der Waals surface area contributed by atoms with Crippen LogP contribution in [0.5, 0.6) is 0 Å². The molecular weight excluding hydrogens is 441 g/mol. The highest BCUT2D eigenvalue weighted by molar-refractivity contribution is 14.0. The first-order chi connectivity index (χ1) is 12.3. The van der Waals surface area contributed by atoms with Gasteiger partial charge in [-0.1, -0.05) is 30.3 Å². The Labute approximate surface area is 173 Å². The minimum absolute atomic E-state index is 0. The first kappa shape index (κ1) is 22.4. The summed E-state index contributed by atoms with van der Waals surface area (Å²) in [6.07, 6.45) is 6.57. The fourth-order valence-corrected chi connectivity index (χ4v) is 2.40. The summed E-state index contributed by atoms with van der Waals surface area (Å²) in [7, 11) is 0. The molecule has 0 radical (unpaired) electrons. The van der Waals surface area contributed by atoms with Gasteiger partial charge in [-0.3, -0.25) is 4.99 Å². The van der Waals surface area contributed by atoms with Gasteiger partial charge in [-0.2, -0.15) is 0 Å². The van der Waals surface area contributed by atoms with Crippen molar-refractivity contribution in [3.8, 4) is 0 Å². The molecule has 0 aliphatic rings. The van der Waals surface area contributed by atoms with E-state index in [1.165, 1.54) is 5.56 Å². The first-order valence-electron chi connectivity index (χ1n) is 8.94. The number of halogens is 1. The second-order valence-electron chi connectivity index (χ2n) is 5.77. The minimum Gasteiger partial charge on any atom is -0.374 e. The van der Waals surface area contributed by atoms with E-state index < -0.39 is 0 Å². The molecule has 2 aromatic rings. The Morgan fingerprint density at radius 1 is 1.27 bits per heavy atom. The molecule has 7 heteroatoms. The molecule has 0 saturated heterocycles. The van der Waals surface area contributed by atoms with Gasteiger partial charge in [-0.05, 0) is 25.8 Å². The smallest absolute Gasteiger partial charge is 0.191 e. The standard InChI is InChI=1S/C19H29N5O.HI/c1-3-21-19(23-12-14-24-13-11-20-16-24)22-10-7-15-25-17(2)18-8-5-4-6-9-18;/h4-6,8-9,11,13,16-17H,3,7,10,12,14-15H2,1-2H3,(H2,21,22,23);1H. The third kappa shape index (κ3) is 8.66. The largest absolute Gasteiger partial charge is 0.374 e. The van der Waals surface area contributed by atoms with Crippen LogP contribution in [0, 0.1) is 0 Å². The summed E-state index contributed by atoms with van der Waals surface area (Å²) >= 11 is 0. The molecule has 1 atom stereocenters. The van der Waals surface area contributed by atoms with Crippen molar-refractivity contribution in [2.75, 3.05) is 26.2 Å². The summed E-state index contributed by atoms with van der Waals surface area (Å²) in [5, 5.41) is 6.60. The highest BCUT2D eigenvalue weighted by Crippen LogP contribution is 2.15. The lowest BCUT2D eigenvalue weighted by molar-refractivity contribution is 0.0652. The van der Waals surface area contributed by atoms with E-state index >= 15 is 0 Å². The third-order valence-electron chi connectivity index (χ3n) is 3.78. The number of hydrogen-bond acceptors (Lipinski definition) is 3. The van der Waals surface area contributed by atoms with Crippen LogP contribution in [0.25, 0.3) is 0 Å². The Morgan fingerprint density at radius 3 is 2.77 bits per heavy atom. The number of imidazole rings is 1. The molecule has 0 amide bonds. The van der Waals surface area contributed by atoms with Crippen molar-refractivity contribution in [1.82, 2.24) is 20.2 Å². The lowest BCUT2D eigenvalue weighted by atomic mass is 10.1. The van der Waals surface area contributed by atoms with Crippen LogP contribution in [0.1, 0.15) is 31.9 Å². The molecule has 0 spiro atoms. The topological polar surface area (TPSA) is 63.5 Å². The second kappa shape index (κ2) is 13.6. The van der Waals surface area contributed by atoms with E-state index in [1.54, 1.807) is 6.20 Å². The Balaban J connectivity index is 0.00000338. The third-order valence-corrected chi connectivity index (χ3v) is 3.78. The van der Waals surface area contributed by atoms with Gasteiger partial charge in [0, 0.05) is 45.2 Å². The molecule has 6 nitrogen and oxygen atoms in total. The van der Waals surface area contributed by atoms with Gasteiger partial charge in [0.25, 0.3) is 0 Å². The van der Waals surface area contributed by atoms with Crippen LogP contribution in [0.4, 0.5) is 0 Å². The Hall–Kier alpha value is -1.61. The van der Waals surface area contributed by atoms with Crippen molar-refractivity contribution in [3.05, 3.63) is 54.6 Å². The lowest BCUT2D eigenvalue weighted by Gasteiger charge is -2.13. The number of ether oxygens (including phenoxy) is 1. The second-order valence-corrected chi connectivity index (χ2v) is 5.77. The van der Waals surface area contributed by atoms with Crippen molar-refractivity contribution in [3.63, 3.8) is 0 Å². The van der Waals surface area contributed by atoms with Crippen LogP contribution in [0.3, 0.4) is 0 Å². The van der Waals surface area contributed by atoms with Gasteiger partial charge in [0.2, 0.25) is 0 Å². The monoisotopic (exact) mass is 471 g/mol. The number of benzene rings is 1. The van der Waals surface area contributed by atoms with E-state index in [0.717, 1.165) is 38.6 Å². The van der Waals surface area contributed by atoms with Gasteiger partial charge in [0.05, 0.1) is 12.4 Å². The summed E-state index contributed by atoms with van der Waals surface area (Å²) < 4.78 is 7.92. The summed E-state index contributed by atoms with van der Waals surface area (Å²) in [4.78, 5) is 8.63. The highest BCUT2D eigenvalue weighted by atomic mass is 127. The fraction of sp³-hybridized carbons (Fsp3) is 0.474. The van der Waals surface area contributed by atoms with E-state index in [0.29, 0.717) is 6.61 Å². The number of rotatable bonds is 10. The maximum absolute atomic E-state index is 5.88. The van der Waals surface area contributed by atoms with Crippen LogP contribution in [0.15, 0.2) is 54.0 Å². The Bertz CT molecular complexity index is 604. The number of guanidine groups is 1. The quantitative estimate of drug-likeness (QED) is 0.242. The zero-order chi connectivity index (χ0) is 17.7. The average Bonchev–Trinajstić information content (AvgIpc) is 3.15. The Kier molecular flexibility index (Phi) is 11.7. The van der Waals surface area contributed by atoms with Crippen LogP contribution < -0.4 is 10.6 Å². The average molecular weight is 471 g/mol. The molecule has 144 valence electrons. The molecule has 0 fully saturated rings. The van der Waals surface area contributed by atoms with E-state index in [9.17, 15) is 0 Å². The van der Waals surface area contributed by atoms with Crippen LogP contribution >= 0.6 is 24.0 Å². The van der Waals surface area contributed by atoms with Crippen LogP contribution in [-0.4, -0.2) is 41.8 Å². The van der Waals surface area contributed by atoms with Gasteiger partial charge in [-0.15, -0.1) is 24.0 Å². The number of aromatic nitrogens is 2. The van der Waals surface area contributed by atoms with Gasteiger partial charge in [0.15, 0.2) is 5.96 Å². The summed E-state index contributed by atoms with van der Waals surface area (Å²) in [6, 6.07) is 10.3. The van der Waals surface area contributed by atoms with E-state index in [4.69, 9.17) is 4.74 Å². The molecule has 1 aromatic heterocycles. The van der Waals surface area contributed by atoms with E-state index in [-0.39, 0.29) is 30.1 Å². The summed E-state index contributed by atoms with van der Waals surface area (Å²) in [6.45, 7) is 8.11. The van der Waals surface area contributed by atoms with Crippen LogP contribution in [-0.2, 0) is 11.3 Å². The molecular formula is C19H30IN5O. The molecule has 0 bridgehead atoms. The van der Waals surface area contributed by atoms with Gasteiger partial charge in [-0.25, -0.2) is 4.98 Å². The molecule has 2 rings (SSSR count). The molecule has 0 saturated carbocycles. The molecule has 1 aromatic carbocycles. The predicted molar refractivity (Wildman–Crippen MR) is 117 cm³/mol. The van der Waals surface area contributed by atoms with Crippen molar-refractivity contribution in [1.29, 1.82) is 0 Å². The normalized spacial score (nSPS) is 12.3. The zero-order valence-corrected chi connectivity index (χ0v) is 17.9. The lowest BCUT2D eigenvalue weighted by Crippen LogP contribution is -2.38.